The van der Waals surface area contributed by atoms with Gasteiger partial charge in [0.05, 0.1) is 4.90 Å². The maximum absolute atomic E-state index is 12.0. The van der Waals surface area contributed by atoms with Crippen LogP contribution in [0.2, 0.25) is 0 Å². The molecule has 0 spiro atoms. The summed E-state index contributed by atoms with van der Waals surface area (Å²) in [5, 5.41) is 0. The van der Waals surface area contributed by atoms with Gasteiger partial charge < -0.3 is 10.7 Å². The van der Waals surface area contributed by atoms with Gasteiger partial charge in [0.2, 0.25) is 10.0 Å². The number of nitrogens with zero attached hydrogens (tertiary/aromatic N) is 1. The Morgan fingerprint density at radius 2 is 2.25 bits per heavy atom. The van der Waals surface area contributed by atoms with Gasteiger partial charge in [-0.3, -0.25) is 0 Å². The van der Waals surface area contributed by atoms with Crippen molar-refractivity contribution in [2.24, 2.45) is 5.73 Å². The number of hydrogen-bond donors (Lipinski definition) is 2. The van der Waals surface area contributed by atoms with Gasteiger partial charge in [0.1, 0.15) is 0 Å². The second-order valence-electron chi connectivity index (χ2n) is 3.38. The van der Waals surface area contributed by atoms with Gasteiger partial charge in [0.15, 0.2) is 0 Å². The van der Waals surface area contributed by atoms with Crippen molar-refractivity contribution in [3.63, 3.8) is 0 Å². The first-order valence-electron chi connectivity index (χ1n) is 4.85. The number of nitrogens with one attached hydrogen (secondary N) is 1. The molecular weight excluding hydrogens is 246 g/mol. The Kier molecular flexibility index (Phi) is 4.85. The largest absolute Gasteiger partial charge is 0.363 e. The number of rotatable bonds is 6. The predicted octanol–water partition coefficient (Wildman–Crippen LogP) is 0.457. The zero-order valence-electron chi connectivity index (χ0n) is 9.43. The lowest BCUT2D eigenvalue weighted by Crippen LogP contribution is -2.28. The lowest BCUT2D eigenvalue weighted by Gasteiger charge is -2.15. The molecule has 0 unspecified atom stereocenters. The second-order valence-corrected chi connectivity index (χ2v) is 6.41. The fourth-order valence-electron chi connectivity index (χ4n) is 1.21. The summed E-state index contributed by atoms with van der Waals surface area (Å²) in [7, 11) is -1.78. The first-order valence-corrected chi connectivity index (χ1v) is 7.68. The summed E-state index contributed by atoms with van der Waals surface area (Å²) in [6.07, 6.45) is 3.43. The van der Waals surface area contributed by atoms with Gasteiger partial charge in [0.25, 0.3) is 0 Å². The minimum absolute atomic E-state index is 0.275. The van der Waals surface area contributed by atoms with E-state index in [1.54, 1.807) is 24.9 Å². The number of aromatic nitrogens is 1. The molecule has 92 valence electrons. The minimum Gasteiger partial charge on any atom is -0.363 e. The molecule has 1 aromatic rings. The Morgan fingerprint density at radius 3 is 2.75 bits per heavy atom. The van der Waals surface area contributed by atoms with Crippen molar-refractivity contribution in [1.29, 1.82) is 0 Å². The van der Waals surface area contributed by atoms with Gasteiger partial charge in [-0.2, -0.15) is 11.8 Å². The second kappa shape index (κ2) is 5.72. The Labute approximate surface area is 100 Å². The molecule has 0 aliphatic carbocycles. The van der Waals surface area contributed by atoms with Gasteiger partial charge in [0, 0.05) is 37.8 Å². The van der Waals surface area contributed by atoms with E-state index in [2.05, 4.69) is 4.98 Å². The normalized spacial score (nSPS) is 12.2. The third kappa shape index (κ3) is 3.00. The van der Waals surface area contributed by atoms with Crippen LogP contribution in [0.15, 0.2) is 17.2 Å². The van der Waals surface area contributed by atoms with Gasteiger partial charge >= 0.3 is 0 Å². The molecular formula is C9H17N3O2S2. The summed E-state index contributed by atoms with van der Waals surface area (Å²) in [5.74, 6) is 0.782. The van der Waals surface area contributed by atoms with Crippen LogP contribution in [-0.4, -0.2) is 43.3 Å². The van der Waals surface area contributed by atoms with Crippen LogP contribution < -0.4 is 5.73 Å². The first-order chi connectivity index (χ1) is 7.52. The molecule has 0 bridgehead atoms. The minimum atomic E-state index is -3.37. The fourth-order valence-corrected chi connectivity index (χ4v) is 2.97. The van der Waals surface area contributed by atoms with Crippen LogP contribution in [0.1, 0.15) is 5.69 Å². The van der Waals surface area contributed by atoms with E-state index in [0.717, 1.165) is 11.4 Å². The summed E-state index contributed by atoms with van der Waals surface area (Å²) >= 11 is 1.62. The van der Waals surface area contributed by atoms with Crippen LogP contribution in [-0.2, 0) is 16.6 Å². The highest BCUT2D eigenvalue weighted by Crippen LogP contribution is 2.15. The molecule has 0 saturated carbocycles. The SMILES string of the molecule is CSCCN(C)S(=O)(=O)c1c[nH]c(CN)c1. The van der Waals surface area contributed by atoms with Crippen molar-refractivity contribution < 1.29 is 8.42 Å². The molecule has 0 atom stereocenters. The van der Waals surface area contributed by atoms with Crippen molar-refractivity contribution in [3.8, 4) is 0 Å². The molecule has 0 amide bonds. The summed E-state index contributed by atoms with van der Waals surface area (Å²) in [6, 6.07) is 1.57. The van der Waals surface area contributed by atoms with Crippen molar-refractivity contribution in [2.75, 3.05) is 25.6 Å². The summed E-state index contributed by atoms with van der Waals surface area (Å²) in [4.78, 5) is 3.11. The number of hydrogen-bond acceptors (Lipinski definition) is 4. The van der Waals surface area contributed by atoms with Gasteiger partial charge in [-0.05, 0) is 12.3 Å². The molecule has 5 nitrogen and oxygen atoms in total. The molecule has 0 radical (unpaired) electrons. The quantitative estimate of drug-likeness (QED) is 0.781. The molecule has 0 aromatic carbocycles. The van der Waals surface area contributed by atoms with Gasteiger partial charge in [-0.15, -0.1) is 0 Å². The average Bonchev–Trinajstić information content (AvgIpc) is 2.74. The molecule has 7 heteroatoms. The smallest absolute Gasteiger partial charge is 0.244 e. The maximum atomic E-state index is 12.0. The topological polar surface area (TPSA) is 79.2 Å². The number of aromatic amines is 1. The number of nitrogens with two attached hydrogens (primary N) is 1. The monoisotopic (exact) mass is 263 g/mol. The molecule has 0 aliphatic rings. The van der Waals surface area contributed by atoms with Crippen LogP contribution >= 0.6 is 11.8 Å². The van der Waals surface area contributed by atoms with E-state index >= 15 is 0 Å². The van der Waals surface area contributed by atoms with Crippen molar-refractivity contribution in [3.05, 3.63) is 18.0 Å². The maximum Gasteiger partial charge on any atom is 0.244 e. The van der Waals surface area contributed by atoms with Crippen molar-refractivity contribution in [1.82, 2.24) is 9.29 Å². The predicted molar refractivity (Wildman–Crippen MR) is 66.9 cm³/mol. The van der Waals surface area contributed by atoms with Gasteiger partial charge in [-0.25, -0.2) is 12.7 Å². The standard InChI is InChI=1S/C9H17N3O2S2/c1-12(3-4-15-2)16(13,14)9-5-8(6-10)11-7-9/h5,7,11H,3-4,6,10H2,1-2H3. The molecule has 16 heavy (non-hydrogen) atoms. The van der Waals surface area contributed by atoms with Crippen molar-refractivity contribution >= 4 is 21.8 Å². The van der Waals surface area contributed by atoms with E-state index in [4.69, 9.17) is 5.73 Å². The highest BCUT2D eigenvalue weighted by atomic mass is 32.2. The van der Waals surface area contributed by atoms with E-state index in [-0.39, 0.29) is 4.90 Å². The Balaban J connectivity index is 2.84. The Morgan fingerprint density at radius 1 is 1.56 bits per heavy atom. The first kappa shape index (κ1) is 13.6. The number of H-pyrrole nitrogens is 1. The lowest BCUT2D eigenvalue weighted by atomic mass is 10.4. The van der Waals surface area contributed by atoms with Crippen LogP contribution in [0.5, 0.6) is 0 Å². The third-order valence-electron chi connectivity index (χ3n) is 2.25. The molecule has 0 fully saturated rings. The molecule has 1 rings (SSSR count). The highest BCUT2D eigenvalue weighted by molar-refractivity contribution is 7.98. The average molecular weight is 263 g/mol. The summed E-state index contributed by atoms with van der Waals surface area (Å²) in [6.45, 7) is 0.816. The Bertz CT molecular complexity index is 428. The molecule has 1 heterocycles. The third-order valence-corrected chi connectivity index (χ3v) is 4.68. The molecule has 0 saturated heterocycles. The van der Waals surface area contributed by atoms with Crippen molar-refractivity contribution in [2.45, 2.75) is 11.4 Å². The molecule has 0 aliphatic heterocycles. The van der Waals surface area contributed by atoms with E-state index in [9.17, 15) is 8.42 Å². The van der Waals surface area contributed by atoms with Crippen LogP contribution in [0.4, 0.5) is 0 Å². The van der Waals surface area contributed by atoms with Crippen LogP contribution in [0.25, 0.3) is 0 Å². The van der Waals surface area contributed by atoms with E-state index in [1.165, 1.54) is 10.5 Å². The summed E-state index contributed by atoms with van der Waals surface area (Å²) < 4.78 is 25.4. The van der Waals surface area contributed by atoms with E-state index in [1.807, 2.05) is 6.26 Å². The molecule has 1 aromatic heterocycles. The fraction of sp³-hybridized carbons (Fsp3) is 0.556. The zero-order valence-corrected chi connectivity index (χ0v) is 11.1. The Hall–Kier alpha value is -0.500. The zero-order chi connectivity index (χ0) is 12.2. The molecule has 3 N–H and O–H groups in total. The summed E-state index contributed by atoms with van der Waals surface area (Å²) in [5.41, 5.74) is 6.14. The van der Waals surface area contributed by atoms with E-state index < -0.39 is 10.0 Å². The van der Waals surface area contributed by atoms with Gasteiger partial charge in [-0.1, -0.05) is 0 Å². The lowest BCUT2D eigenvalue weighted by molar-refractivity contribution is 0.489. The van der Waals surface area contributed by atoms with Crippen LogP contribution in [0, 0.1) is 0 Å². The van der Waals surface area contributed by atoms with Crippen LogP contribution in [0.3, 0.4) is 0 Å². The number of thioether (sulfide) groups is 1. The highest BCUT2D eigenvalue weighted by Gasteiger charge is 2.21. The van der Waals surface area contributed by atoms with E-state index in [0.29, 0.717) is 13.1 Å². The number of sulfonamides is 1.